The molecule has 0 saturated carbocycles. The minimum absolute atomic E-state index is 0.00629. The summed E-state index contributed by atoms with van der Waals surface area (Å²) in [5, 5.41) is 15.2. The van der Waals surface area contributed by atoms with Gasteiger partial charge in [-0.05, 0) is 19.3 Å². The number of hydrogen-bond acceptors (Lipinski definition) is 4. The van der Waals surface area contributed by atoms with Gasteiger partial charge >= 0.3 is 0 Å². The summed E-state index contributed by atoms with van der Waals surface area (Å²) in [6, 6.07) is 0. The fourth-order valence-electron chi connectivity index (χ4n) is 1.91. The van der Waals surface area contributed by atoms with E-state index in [-0.39, 0.29) is 23.3 Å². The third-order valence-electron chi connectivity index (χ3n) is 2.93. The normalized spacial score (nSPS) is 14.9. The average molecular weight is 298 g/mol. The topological polar surface area (TPSA) is 62.2 Å². The molecule has 4 nitrogen and oxygen atoms in total. The van der Waals surface area contributed by atoms with Gasteiger partial charge < -0.3 is 10.4 Å². The van der Waals surface area contributed by atoms with E-state index in [4.69, 9.17) is 0 Å². The molecular formula is C15H26N2O2S. The number of amides is 1. The molecular weight excluding hydrogens is 272 g/mol. The molecule has 0 fully saturated rings. The van der Waals surface area contributed by atoms with Crippen LogP contribution in [0.2, 0.25) is 0 Å². The highest BCUT2D eigenvalue weighted by molar-refractivity contribution is 7.09. The van der Waals surface area contributed by atoms with Gasteiger partial charge in [-0.3, -0.25) is 4.79 Å². The minimum atomic E-state index is -0.324. The van der Waals surface area contributed by atoms with Crippen molar-refractivity contribution < 1.29 is 9.90 Å². The smallest absolute Gasteiger partial charge is 0.226 e. The number of thiazole rings is 1. The summed E-state index contributed by atoms with van der Waals surface area (Å²) in [6.45, 7) is 10.7. The van der Waals surface area contributed by atoms with Crippen LogP contribution < -0.4 is 5.32 Å². The van der Waals surface area contributed by atoms with Gasteiger partial charge in [-0.25, -0.2) is 4.98 Å². The van der Waals surface area contributed by atoms with Crippen molar-refractivity contribution in [3.63, 3.8) is 0 Å². The van der Waals surface area contributed by atoms with Gasteiger partial charge in [-0.2, -0.15) is 0 Å². The predicted molar refractivity (Wildman–Crippen MR) is 83.0 cm³/mol. The first-order chi connectivity index (χ1) is 9.18. The summed E-state index contributed by atoms with van der Waals surface area (Å²) in [5.74, 6) is 0.271. The molecule has 0 aliphatic rings. The van der Waals surface area contributed by atoms with Gasteiger partial charge in [-0.1, -0.05) is 27.7 Å². The lowest BCUT2D eigenvalue weighted by Gasteiger charge is -2.14. The molecule has 1 heterocycles. The lowest BCUT2D eigenvalue weighted by Crippen LogP contribution is -2.30. The SMILES string of the molecule is C[C@@H](CNC(=O)Cc1csc(C(C)(C)C)n1)C[C@@H](C)O. The van der Waals surface area contributed by atoms with Crippen LogP contribution in [0.25, 0.3) is 0 Å². The predicted octanol–water partition coefficient (Wildman–Crippen LogP) is 2.51. The number of rotatable bonds is 6. The highest BCUT2D eigenvalue weighted by atomic mass is 32.1. The van der Waals surface area contributed by atoms with Gasteiger partial charge in [0.2, 0.25) is 5.91 Å². The zero-order valence-corrected chi connectivity index (χ0v) is 13.9. The average Bonchev–Trinajstić information content (AvgIpc) is 2.73. The summed E-state index contributed by atoms with van der Waals surface area (Å²) in [6.07, 6.45) is 0.703. The lowest BCUT2D eigenvalue weighted by molar-refractivity contribution is -0.120. The number of aliphatic hydroxyl groups excluding tert-OH is 1. The van der Waals surface area contributed by atoms with E-state index >= 15 is 0 Å². The van der Waals surface area contributed by atoms with E-state index in [1.807, 2.05) is 12.3 Å². The van der Waals surface area contributed by atoms with Crippen molar-refractivity contribution in [1.29, 1.82) is 0 Å². The highest BCUT2D eigenvalue weighted by Crippen LogP contribution is 2.25. The molecule has 0 bridgehead atoms. The van der Waals surface area contributed by atoms with E-state index in [1.54, 1.807) is 18.3 Å². The van der Waals surface area contributed by atoms with Gasteiger partial charge in [0.15, 0.2) is 0 Å². The van der Waals surface area contributed by atoms with Crippen molar-refractivity contribution in [3.05, 3.63) is 16.1 Å². The standard InChI is InChI=1S/C15H26N2O2S/c1-10(6-11(2)18)8-16-13(19)7-12-9-20-14(17-12)15(3,4)5/h9-11,18H,6-8H2,1-5H3,(H,16,19)/t10-,11-/m1/s1. The first kappa shape index (κ1) is 17.1. The van der Waals surface area contributed by atoms with E-state index in [0.717, 1.165) is 10.7 Å². The van der Waals surface area contributed by atoms with Crippen LogP contribution in [-0.4, -0.2) is 28.6 Å². The van der Waals surface area contributed by atoms with Crippen molar-refractivity contribution in [2.24, 2.45) is 5.92 Å². The largest absolute Gasteiger partial charge is 0.393 e. The second kappa shape index (κ2) is 7.18. The van der Waals surface area contributed by atoms with Crippen LogP contribution in [0.4, 0.5) is 0 Å². The molecule has 1 amide bonds. The molecule has 1 aromatic rings. The van der Waals surface area contributed by atoms with Gasteiger partial charge in [-0.15, -0.1) is 11.3 Å². The van der Waals surface area contributed by atoms with Crippen molar-refractivity contribution in [1.82, 2.24) is 10.3 Å². The van der Waals surface area contributed by atoms with E-state index in [0.29, 0.717) is 19.4 Å². The minimum Gasteiger partial charge on any atom is -0.393 e. The van der Waals surface area contributed by atoms with Gasteiger partial charge in [0.05, 0.1) is 23.2 Å². The quantitative estimate of drug-likeness (QED) is 0.848. The fraction of sp³-hybridized carbons (Fsp3) is 0.733. The Kier molecular flexibility index (Phi) is 6.14. The molecule has 0 aromatic carbocycles. The van der Waals surface area contributed by atoms with E-state index in [9.17, 15) is 9.90 Å². The van der Waals surface area contributed by atoms with Crippen molar-refractivity contribution >= 4 is 17.2 Å². The van der Waals surface area contributed by atoms with Crippen LogP contribution in [0.5, 0.6) is 0 Å². The van der Waals surface area contributed by atoms with Crippen molar-refractivity contribution in [3.8, 4) is 0 Å². The Morgan fingerprint density at radius 1 is 1.45 bits per heavy atom. The number of aromatic nitrogens is 1. The second-order valence-corrected chi connectivity index (χ2v) is 7.42. The lowest BCUT2D eigenvalue weighted by atomic mass is 9.98. The molecule has 0 unspecified atom stereocenters. The first-order valence-corrected chi connectivity index (χ1v) is 7.96. The molecule has 1 rings (SSSR count). The molecule has 0 spiro atoms. The molecule has 0 aliphatic carbocycles. The Bertz CT molecular complexity index is 435. The van der Waals surface area contributed by atoms with E-state index < -0.39 is 0 Å². The van der Waals surface area contributed by atoms with Crippen LogP contribution in [0, 0.1) is 5.92 Å². The summed E-state index contributed by atoms with van der Waals surface area (Å²) < 4.78 is 0. The molecule has 0 saturated heterocycles. The number of aliphatic hydroxyl groups is 1. The number of nitrogens with zero attached hydrogens (tertiary/aromatic N) is 1. The Labute approximate surface area is 125 Å². The molecule has 5 heteroatoms. The third-order valence-corrected chi connectivity index (χ3v) is 4.24. The molecule has 1 aromatic heterocycles. The zero-order valence-electron chi connectivity index (χ0n) is 13.1. The fourth-order valence-corrected chi connectivity index (χ4v) is 2.82. The van der Waals surface area contributed by atoms with E-state index in [2.05, 4.69) is 31.1 Å². The van der Waals surface area contributed by atoms with Crippen molar-refractivity contribution in [2.45, 2.75) is 59.0 Å². The van der Waals surface area contributed by atoms with Gasteiger partial charge in [0, 0.05) is 17.3 Å². The molecule has 0 radical (unpaired) electrons. The van der Waals surface area contributed by atoms with Crippen LogP contribution in [-0.2, 0) is 16.6 Å². The third kappa shape index (κ3) is 6.01. The molecule has 20 heavy (non-hydrogen) atoms. The maximum Gasteiger partial charge on any atom is 0.226 e. The molecule has 2 atom stereocenters. The second-order valence-electron chi connectivity index (χ2n) is 6.56. The molecule has 114 valence electrons. The Hall–Kier alpha value is -0.940. The summed E-state index contributed by atoms with van der Waals surface area (Å²) in [5.41, 5.74) is 0.867. The Balaban J connectivity index is 2.41. The van der Waals surface area contributed by atoms with Gasteiger partial charge in [0.1, 0.15) is 0 Å². The Morgan fingerprint density at radius 3 is 2.60 bits per heavy atom. The number of nitrogens with one attached hydrogen (secondary N) is 1. The highest BCUT2D eigenvalue weighted by Gasteiger charge is 2.18. The monoisotopic (exact) mass is 298 g/mol. The molecule has 2 N–H and O–H groups in total. The van der Waals surface area contributed by atoms with Crippen LogP contribution in [0.1, 0.15) is 51.7 Å². The summed E-state index contributed by atoms with van der Waals surface area (Å²) >= 11 is 1.61. The van der Waals surface area contributed by atoms with Crippen LogP contribution >= 0.6 is 11.3 Å². The number of hydrogen-bond donors (Lipinski definition) is 2. The van der Waals surface area contributed by atoms with E-state index in [1.165, 1.54) is 0 Å². The number of carbonyl (C=O) groups is 1. The van der Waals surface area contributed by atoms with Crippen molar-refractivity contribution in [2.75, 3.05) is 6.54 Å². The number of carbonyl (C=O) groups excluding carboxylic acids is 1. The van der Waals surface area contributed by atoms with Crippen LogP contribution in [0.3, 0.4) is 0 Å². The maximum absolute atomic E-state index is 11.9. The maximum atomic E-state index is 11.9. The van der Waals surface area contributed by atoms with Crippen LogP contribution in [0.15, 0.2) is 5.38 Å². The van der Waals surface area contributed by atoms with Gasteiger partial charge in [0.25, 0.3) is 0 Å². The summed E-state index contributed by atoms with van der Waals surface area (Å²) in [4.78, 5) is 16.4. The summed E-state index contributed by atoms with van der Waals surface area (Å²) in [7, 11) is 0. The zero-order chi connectivity index (χ0) is 15.3. The Morgan fingerprint density at radius 2 is 2.10 bits per heavy atom. The molecule has 0 aliphatic heterocycles. The first-order valence-electron chi connectivity index (χ1n) is 7.08.